The predicted octanol–water partition coefficient (Wildman–Crippen LogP) is 2.15. The fourth-order valence-corrected chi connectivity index (χ4v) is 6.57. The minimum absolute atomic E-state index is 0.0196. The number of fused-ring (bicyclic) bond motifs is 1. The Bertz CT molecular complexity index is 1150. The van der Waals surface area contributed by atoms with Crippen molar-refractivity contribution in [1.29, 1.82) is 0 Å². The van der Waals surface area contributed by atoms with E-state index >= 15 is 0 Å². The van der Waals surface area contributed by atoms with E-state index in [4.69, 9.17) is 4.98 Å². The van der Waals surface area contributed by atoms with E-state index < -0.39 is 10.0 Å². The Labute approximate surface area is 201 Å². The Balaban J connectivity index is 1.48. The van der Waals surface area contributed by atoms with Gasteiger partial charge >= 0.3 is 0 Å². The number of nitrogens with zero attached hydrogens (tertiary/aromatic N) is 4. The molecule has 0 saturated carbocycles. The van der Waals surface area contributed by atoms with E-state index in [1.54, 1.807) is 23.5 Å². The minimum atomic E-state index is -3.50. The number of benzene rings is 1. The van der Waals surface area contributed by atoms with Gasteiger partial charge in [-0.05, 0) is 50.3 Å². The Hall–Kier alpha value is -2.46. The van der Waals surface area contributed by atoms with E-state index in [1.165, 1.54) is 0 Å². The van der Waals surface area contributed by atoms with Gasteiger partial charge in [0.1, 0.15) is 5.82 Å². The lowest BCUT2D eigenvalue weighted by Crippen LogP contribution is -2.42. The van der Waals surface area contributed by atoms with Crippen molar-refractivity contribution in [3.63, 3.8) is 0 Å². The van der Waals surface area contributed by atoms with Gasteiger partial charge in [-0.15, -0.1) is 0 Å². The number of sulfonamides is 1. The van der Waals surface area contributed by atoms with E-state index in [0.29, 0.717) is 57.4 Å². The number of hydrogen-bond donors (Lipinski definition) is 1. The molecule has 2 aliphatic rings. The molecular weight excluding hydrogens is 454 g/mol. The third kappa shape index (κ3) is 4.98. The number of carbonyl (C=O) groups excluding carboxylic acids is 2. The average molecular weight is 490 g/mol. The van der Waals surface area contributed by atoms with Crippen molar-refractivity contribution in [1.82, 2.24) is 24.1 Å². The number of aromatic nitrogens is 2. The van der Waals surface area contributed by atoms with Crippen LogP contribution < -0.4 is 5.32 Å². The lowest BCUT2D eigenvalue weighted by Gasteiger charge is -2.31. The van der Waals surface area contributed by atoms with Crippen molar-refractivity contribution in [3.8, 4) is 0 Å². The van der Waals surface area contributed by atoms with Crippen LogP contribution in [0.4, 0.5) is 0 Å². The normalized spacial score (nSPS) is 18.0. The summed E-state index contributed by atoms with van der Waals surface area (Å²) in [6.07, 6.45) is 4.92. The van der Waals surface area contributed by atoms with Gasteiger partial charge in [0.2, 0.25) is 21.8 Å². The van der Waals surface area contributed by atoms with Crippen LogP contribution in [0.1, 0.15) is 51.3 Å². The topological polar surface area (TPSA) is 105 Å². The first-order chi connectivity index (χ1) is 16.3. The summed E-state index contributed by atoms with van der Waals surface area (Å²) in [7, 11) is -1.86. The summed E-state index contributed by atoms with van der Waals surface area (Å²) >= 11 is 0. The number of nitrogens with one attached hydrogen (secondary N) is 1. The van der Waals surface area contributed by atoms with Gasteiger partial charge in [0.05, 0.1) is 15.9 Å². The van der Waals surface area contributed by atoms with Crippen molar-refractivity contribution in [2.24, 2.45) is 5.92 Å². The van der Waals surface area contributed by atoms with E-state index in [0.717, 1.165) is 37.1 Å². The second-order valence-electron chi connectivity index (χ2n) is 9.21. The second kappa shape index (κ2) is 10.4. The van der Waals surface area contributed by atoms with Gasteiger partial charge in [-0.3, -0.25) is 9.59 Å². The fraction of sp³-hybridized carbons (Fsp3) is 0.625. The first-order valence-electron chi connectivity index (χ1n) is 12.3. The summed E-state index contributed by atoms with van der Waals surface area (Å²) in [5, 5.41) is 2.69. The van der Waals surface area contributed by atoms with Crippen molar-refractivity contribution in [2.45, 2.75) is 63.3 Å². The van der Waals surface area contributed by atoms with Crippen LogP contribution in [0.2, 0.25) is 0 Å². The molecule has 0 bridgehead atoms. The minimum Gasteiger partial charge on any atom is -0.359 e. The lowest BCUT2D eigenvalue weighted by molar-refractivity contribution is -0.135. The molecule has 4 rings (SSSR count). The maximum absolute atomic E-state index is 13.0. The third-order valence-corrected chi connectivity index (χ3v) is 8.87. The summed E-state index contributed by atoms with van der Waals surface area (Å²) in [5.74, 6) is 0.907. The van der Waals surface area contributed by atoms with Crippen molar-refractivity contribution < 1.29 is 18.0 Å². The van der Waals surface area contributed by atoms with Gasteiger partial charge in [-0.1, -0.05) is 6.92 Å². The zero-order valence-electron chi connectivity index (χ0n) is 20.1. The van der Waals surface area contributed by atoms with Crippen LogP contribution in [0.15, 0.2) is 23.1 Å². The quantitative estimate of drug-likeness (QED) is 0.612. The summed E-state index contributed by atoms with van der Waals surface area (Å²) in [6, 6.07) is 5.19. The Morgan fingerprint density at radius 1 is 1.12 bits per heavy atom. The highest BCUT2D eigenvalue weighted by Crippen LogP contribution is 2.26. The number of piperidine rings is 1. The second-order valence-corrected chi connectivity index (χ2v) is 11.1. The first kappa shape index (κ1) is 24.7. The molecule has 2 fully saturated rings. The molecule has 1 aromatic carbocycles. The van der Waals surface area contributed by atoms with E-state index in [2.05, 4.69) is 16.8 Å². The number of aryl methyl sites for hydroxylation is 2. The monoisotopic (exact) mass is 489 g/mol. The van der Waals surface area contributed by atoms with E-state index in [-0.39, 0.29) is 22.6 Å². The predicted molar refractivity (Wildman–Crippen MR) is 130 cm³/mol. The molecule has 3 heterocycles. The fourth-order valence-electron chi connectivity index (χ4n) is 5.03. The third-order valence-electron chi connectivity index (χ3n) is 6.98. The number of carbonyl (C=O) groups is 2. The van der Waals surface area contributed by atoms with Crippen molar-refractivity contribution >= 4 is 32.9 Å². The zero-order chi connectivity index (χ0) is 24.3. The van der Waals surface area contributed by atoms with Crippen LogP contribution in [0.5, 0.6) is 0 Å². The van der Waals surface area contributed by atoms with E-state index in [1.807, 2.05) is 11.0 Å². The van der Waals surface area contributed by atoms with Gasteiger partial charge < -0.3 is 14.8 Å². The van der Waals surface area contributed by atoms with Crippen LogP contribution in [0.25, 0.3) is 11.0 Å². The number of amides is 2. The smallest absolute Gasteiger partial charge is 0.243 e. The molecule has 1 aromatic heterocycles. The molecule has 0 spiro atoms. The van der Waals surface area contributed by atoms with Crippen LogP contribution >= 0.6 is 0 Å². The molecule has 0 aliphatic carbocycles. The number of likely N-dealkylation sites (tertiary alicyclic amines) is 1. The highest BCUT2D eigenvalue weighted by molar-refractivity contribution is 7.89. The molecule has 0 radical (unpaired) electrons. The highest BCUT2D eigenvalue weighted by atomic mass is 32.2. The van der Waals surface area contributed by atoms with Gasteiger partial charge in [0.25, 0.3) is 0 Å². The maximum atomic E-state index is 13.0. The lowest BCUT2D eigenvalue weighted by atomic mass is 9.96. The Morgan fingerprint density at radius 3 is 2.47 bits per heavy atom. The van der Waals surface area contributed by atoms with Crippen LogP contribution in [0, 0.1) is 5.92 Å². The highest BCUT2D eigenvalue weighted by Gasteiger charge is 2.29. The summed E-state index contributed by atoms with van der Waals surface area (Å²) in [5.41, 5.74) is 1.55. The molecular formula is C24H35N5O4S. The molecule has 186 valence electrons. The van der Waals surface area contributed by atoms with Crippen molar-refractivity contribution in [3.05, 3.63) is 24.0 Å². The number of imidazole rings is 1. The Kier molecular flexibility index (Phi) is 7.57. The number of rotatable bonds is 8. The standard InChI is InChI=1S/C24H35N5O4S/c1-3-12-29-21-7-6-19(34(32,33)28-13-4-5-14-28)17-20(21)26-22(29)8-9-23(30)27-15-10-18(11-16-27)24(31)25-2/h6-7,17-18H,3-5,8-16H2,1-2H3,(H,25,31). The maximum Gasteiger partial charge on any atom is 0.243 e. The molecule has 10 heteroatoms. The molecule has 9 nitrogen and oxygen atoms in total. The first-order valence-corrected chi connectivity index (χ1v) is 13.8. The van der Waals surface area contributed by atoms with Gasteiger partial charge in [-0.2, -0.15) is 4.31 Å². The summed E-state index contributed by atoms with van der Waals surface area (Å²) < 4.78 is 29.6. The van der Waals surface area contributed by atoms with Gasteiger partial charge in [0.15, 0.2) is 0 Å². The molecule has 0 atom stereocenters. The average Bonchev–Trinajstić information content (AvgIpc) is 3.51. The van der Waals surface area contributed by atoms with Gasteiger partial charge in [-0.25, -0.2) is 13.4 Å². The van der Waals surface area contributed by atoms with Crippen LogP contribution in [0.3, 0.4) is 0 Å². The molecule has 34 heavy (non-hydrogen) atoms. The molecule has 1 N–H and O–H groups in total. The molecule has 2 saturated heterocycles. The van der Waals surface area contributed by atoms with Crippen molar-refractivity contribution in [2.75, 3.05) is 33.2 Å². The molecule has 2 amide bonds. The summed E-state index contributed by atoms with van der Waals surface area (Å²) in [6.45, 7) is 5.18. The van der Waals surface area contributed by atoms with Gasteiger partial charge in [0, 0.05) is 58.5 Å². The van der Waals surface area contributed by atoms with Crippen LogP contribution in [-0.2, 0) is 32.6 Å². The summed E-state index contributed by atoms with van der Waals surface area (Å²) in [4.78, 5) is 31.5. The largest absolute Gasteiger partial charge is 0.359 e. The number of hydrogen-bond acceptors (Lipinski definition) is 5. The Morgan fingerprint density at radius 2 is 1.82 bits per heavy atom. The molecule has 2 aliphatic heterocycles. The van der Waals surface area contributed by atoms with E-state index in [9.17, 15) is 18.0 Å². The molecule has 0 unspecified atom stereocenters. The molecule has 2 aromatic rings. The van der Waals surface area contributed by atoms with Crippen LogP contribution in [-0.4, -0.2) is 72.2 Å². The zero-order valence-corrected chi connectivity index (χ0v) is 20.9. The SMILES string of the molecule is CCCn1c(CCC(=O)N2CCC(C(=O)NC)CC2)nc2cc(S(=O)(=O)N3CCCC3)ccc21.